The van der Waals surface area contributed by atoms with E-state index in [0.717, 1.165) is 5.69 Å². The minimum atomic E-state index is -0.157. The molecule has 2 aromatic heterocycles. The first-order chi connectivity index (χ1) is 8.34. The molecule has 3 heterocycles. The van der Waals surface area contributed by atoms with Gasteiger partial charge in [0.15, 0.2) is 5.82 Å². The van der Waals surface area contributed by atoms with Gasteiger partial charge in [0.05, 0.1) is 30.7 Å². The minimum Gasteiger partial charge on any atom is -0.376 e. The van der Waals surface area contributed by atoms with Crippen LogP contribution in [0.5, 0.6) is 0 Å². The predicted octanol–water partition coefficient (Wildman–Crippen LogP) is 0.300. The molecule has 3 rings (SSSR count). The van der Waals surface area contributed by atoms with Gasteiger partial charge in [0, 0.05) is 18.8 Å². The van der Waals surface area contributed by atoms with Crippen molar-refractivity contribution in [1.29, 1.82) is 0 Å². The maximum Gasteiger partial charge on any atom is 0.257 e. The molecule has 0 aliphatic carbocycles. The Labute approximate surface area is 96.7 Å². The molecule has 0 spiro atoms. The van der Waals surface area contributed by atoms with E-state index >= 15 is 0 Å². The molecular formula is C11H10N4O2. The summed E-state index contributed by atoms with van der Waals surface area (Å²) >= 11 is 0. The van der Waals surface area contributed by atoms with Gasteiger partial charge in [-0.05, 0) is 0 Å². The van der Waals surface area contributed by atoms with Crippen molar-refractivity contribution in [3.8, 4) is 11.5 Å². The van der Waals surface area contributed by atoms with Crippen LogP contribution in [0.3, 0.4) is 0 Å². The largest absolute Gasteiger partial charge is 0.376 e. The lowest BCUT2D eigenvalue weighted by molar-refractivity contribution is 0.108. The lowest BCUT2D eigenvalue weighted by Gasteiger charge is -2.14. The zero-order valence-electron chi connectivity index (χ0n) is 9.01. The summed E-state index contributed by atoms with van der Waals surface area (Å²) in [7, 11) is 0. The van der Waals surface area contributed by atoms with Crippen LogP contribution in [0.15, 0.2) is 23.4 Å². The molecule has 0 bridgehead atoms. The third-order valence-electron chi connectivity index (χ3n) is 2.64. The Balaban J connectivity index is 2.14. The molecule has 0 saturated carbocycles. The van der Waals surface area contributed by atoms with Crippen molar-refractivity contribution in [2.45, 2.75) is 13.0 Å². The normalized spacial score (nSPS) is 14.4. The molecule has 1 aliphatic heterocycles. The fourth-order valence-corrected chi connectivity index (χ4v) is 1.79. The van der Waals surface area contributed by atoms with Crippen molar-refractivity contribution >= 4 is 0 Å². The van der Waals surface area contributed by atoms with Crippen molar-refractivity contribution in [3.05, 3.63) is 40.2 Å². The molecule has 0 radical (unpaired) electrons. The zero-order valence-corrected chi connectivity index (χ0v) is 9.01. The van der Waals surface area contributed by atoms with E-state index in [0.29, 0.717) is 36.7 Å². The lowest BCUT2D eigenvalue weighted by atomic mass is 10.1. The molecule has 6 heteroatoms. The molecule has 6 nitrogen and oxygen atoms in total. The number of rotatable bonds is 1. The number of hydrogen-bond acceptors (Lipinski definition) is 5. The standard InChI is InChI=1S/C11H10N4O2/c16-11-7-6-17-4-1-8(7)14-10(15-11)9-5-12-2-3-13-9/h2-3,5H,1,4,6H2,(H,14,15,16). The molecular weight excluding hydrogens is 220 g/mol. The van der Waals surface area contributed by atoms with E-state index in [2.05, 4.69) is 19.9 Å². The van der Waals surface area contributed by atoms with Crippen LogP contribution in [-0.4, -0.2) is 26.5 Å². The Morgan fingerprint density at radius 2 is 2.29 bits per heavy atom. The highest BCUT2D eigenvalue weighted by Gasteiger charge is 2.16. The van der Waals surface area contributed by atoms with Crippen LogP contribution in [0.1, 0.15) is 11.3 Å². The third-order valence-corrected chi connectivity index (χ3v) is 2.64. The quantitative estimate of drug-likeness (QED) is 0.762. The van der Waals surface area contributed by atoms with Crippen molar-refractivity contribution in [1.82, 2.24) is 19.9 Å². The summed E-state index contributed by atoms with van der Waals surface area (Å²) in [4.78, 5) is 27.0. The SMILES string of the molecule is O=c1[nH]c(-c2cnccn2)nc2c1COCC2. The van der Waals surface area contributed by atoms with Gasteiger partial charge in [-0.2, -0.15) is 0 Å². The van der Waals surface area contributed by atoms with Crippen molar-refractivity contribution in [3.63, 3.8) is 0 Å². The van der Waals surface area contributed by atoms with Crippen LogP contribution < -0.4 is 5.56 Å². The number of nitrogens with one attached hydrogen (secondary N) is 1. The summed E-state index contributed by atoms with van der Waals surface area (Å²) < 4.78 is 5.23. The van der Waals surface area contributed by atoms with Crippen molar-refractivity contribution < 1.29 is 4.74 Å². The fraction of sp³-hybridized carbons (Fsp3) is 0.273. The van der Waals surface area contributed by atoms with Gasteiger partial charge in [0.1, 0.15) is 5.69 Å². The molecule has 0 amide bonds. The minimum absolute atomic E-state index is 0.157. The molecule has 0 atom stereocenters. The Morgan fingerprint density at radius 1 is 1.35 bits per heavy atom. The molecule has 0 unspecified atom stereocenters. The van der Waals surface area contributed by atoms with Crippen LogP contribution >= 0.6 is 0 Å². The van der Waals surface area contributed by atoms with E-state index < -0.39 is 0 Å². The second kappa shape index (κ2) is 4.06. The van der Waals surface area contributed by atoms with Crippen molar-refractivity contribution in [2.75, 3.05) is 6.61 Å². The van der Waals surface area contributed by atoms with E-state index in [1.807, 2.05) is 0 Å². The highest BCUT2D eigenvalue weighted by molar-refractivity contribution is 5.47. The zero-order chi connectivity index (χ0) is 11.7. The van der Waals surface area contributed by atoms with Crippen LogP contribution in [-0.2, 0) is 17.8 Å². The topological polar surface area (TPSA) is 80.8 Å². The Kier molecular flexibility index (Phi) is 2.41. The first-order valence-corrected chi connectivity index (χ1v) is 5.31. The van der Waals surface area contributed by atoms with Gasteiger partial charge in [-0.25, -0.2) is 9.97 Å². The Hall–Kier alpha value is -2.08. The van der Waals surface area contributed by atoms with Gasteiger partial charge < -0.3 is 9.72 Å². The molecule has 2 aromatic rings. The number of fused-ring (bicyclic) bond motifs is 1. The van der Waals surface area contributed by atoms with Crippen LogP contribution in [0.25, 0.3) is 11.5 Å². The number of aromatic amines is 1. The number of hydrogen-bond donors (Lipinski definition) is 1. The third kappa shape index (κ3) is 1.83. The number of aromatic nitrogens is 4. The average Bonchev–Trinajstić information content (AvgIpc) is 2.40. The van der Waals surface area contributed by atoms with Gasteiger partial charge in [-0.3, -0.25) is 9.78 Å². The molecule has 0 aromatic carbocycles. The van der Waals surface area contributed by atoms with E-state index in [-0.39, 0.29) is 5.56 Å². The summed E-state index contributed by atoms with van der Waals surface area (Å²) in [5.74, 6) is 0.462. The first kappa shape index (κ1) is 10.1. The van der Waals surface area contributed by atoms with Crippen LogP contribution in [0, 0.1) is 0 Å². The van der Waals surface area contributed by atoms with Gasteiger partial charge >= 0.3 is 0 Å². The van der Waals surface area contributed by atoms with Crippen molar-refractivity contribution in [2.24, 2.45) is 0 Å². The average molecular weight is 230 g/mol. The molecule has 0 saturated heterocycles. The summed E-state index contributed by atoms with van der Waals surface area (Å²) in [6, 6.07) is 0. The molecule has 1 N–H and O–H groups in total. The van der Waals surface area contributed by atoms with Gasteiger partial charge in [0.2, 0.25) is 0 Å². The maximum absolute atomic E-state index is 11.8. The molecule has 1 aliphatic rings. The van der Waals surface area contributed by atoms with E-state index in [1.165, 1.54) is 0 Å². The highest BCUT2D eigenvalue weighted by Crippen LogP contribution is 2.14. The smallest absolute Gasteiger partial charge is 0.257 e. The number of nitrogens with zero attached hydrogens (tertiary/aromatic N) is 3. The molecule has 86 valence electrons. The predicted molar refractivity (Wildman–Crippen MR) is 59.2 cm³/mol. The lowest BCUT2D eigenvalue weighted by Crippen LogP contribution is -2.24. The Bertz CT molecular complexity index is 594. The highest BCUT2D eigenvalue weighted by atomic mass is 16.5. The molecule has 17 heavy (non-hydrogen) atoms. The van der Waals surface area contributed by atoms with Gasteiger partial charge in [-0.15, -0.1) is 0 Å². The van der Waals surface area contributed by atoms with E-state index in [4.69, 9.17) is 4.74 Å². The summed E-state index contributed by atoms with van der Waals surface area (Å²) in [5.41, 5.74) is 1.82. The van der Waals surface area contributed by atoms with E-state index in [9.17, 15) is 4.79 Å². The van der Waals surface area contributed by atoms with Gasteiger partial charge in [-0.1, -0.05) is 0 Å². The van der Waals surface area contributed by atoms with E-state index in [1.54, 1.807) is 18.6 Å². The second-order valence-corrected chi connectivity index (χ2v) is 3.73. The monoisotopic (exact) mass is 230 g/mol. The molecule has 0 fully saturated rings. The Morgan fingerprint density at radius 3 is 3.12 bits per heavy atom. The first-order valence-electron chi connectivity index (χ1n) is 5.31. The number of H-pyrrole nitrogens is 1. The summed E-state index contributed by atoms with van der Waals surface area (Å²) in [6.45, 7) is 0.932. The summed E-state index contributed by atoms with van der Waals surface area (Å²) in [6.07, 6.45) is 5.38. The number of ether oxygens (including phenoxy) is 1. The van der Waals surface area contributed by atoms with Crippen LogP contribution in [0.4, 0.5) is 0 Å². The van der Waals surface area contributed by atoms with Gasteiger partial charge in [0.25, 0.3) is 5.56 Å². The summed E-state index contributed by atoms with van der Waals surface area (Å²) in [5, 5.41) is 0. The van der Waals surface area contributed by atoms with Crippen LogP contribution in [0.2, 0.25) is 0 Å². The maximum atomic E-state index is 11.8. The fourth-order valence-electron chi connectivity index (χ4n) is 1.79. The second-order valence-electron chi connectivity index (χ2n) is 3.73.